The summed E-state index contributed by atoms with van der Waals surface area (Å²) in [5, 5.41) is 11.4. The minimum atomic E-state index is -0.0899. The molecule has 1 fully saturated rings. The zero-order chi connectivity index (χ0) is 17.9. The van der Waals surface area contributed by atoms with E-state index in [9.17, 15) is 4.79 Å². The third-order valence-corrected chi connectivity index (χ3v) is 6.37. The molecule has 6 nitrogen and oxygen atoms in total. The van der Waals surface area contributed by atoms with Crippen molar-refractivity contribution in [2.24, 2.45) is 5.92 Å². The second-order valence-corrected chi connectivity index (χ2v) is 8.72. The summed E-state index contributed by atoms with van der Waals surface area (Å²) in [6.07, 6.45) is 6.18. The van der Waals surface area contributed by atoms with E-state index in [1.54, 1.807) is 0 Å². The Morgan fingerprint density at radius 3 is 3.04 bits per heavy atom. The van der Waals surface area contributed by atoms with Crippen LogP contribution in [0.15, 0.2) is 23.4 Å². The number of hydrogen-bond donors (Lipinski definition) is 2. The molecule has 1 saturated carbocycles. The molecule has 136 valence electrons. The normalized spacial score (nSPS) is 15.0. The van der Waals surface area contributed by atoms with Crippen molar-refractivity contribution in [3.8, 4) is 0 Å². The summed E-state index contributed by atoms with van der Waals surface area (Å²) in [5.41, 5.74) is 2.10. The van der Waals surface area contributed by atoms with Crippen molar-refractivity contribution in [2.75, 3.05) is 11.1 Å². The summed E-state index contributed by atoms with van der Waals surface area (Å²) in [5.74, 6) is 1.84. The number of H-pyrrole nitrogens is 1. The molecular formula is C18H21N5OS2. The van der Waals surface area contributed by atoms with Crippen LogP contribution in [0.3, 0.4) is 0 Å². The first kappa shape index (κ1) is 17.5. The molecule has 0 unspecified atom stereocenters. The molecular weight excluding hydrogens is 366 g/mol. The number of aromatic nitrogens is 4. The summed E-state index contributed by atoms with van der Waals surface area (Å²) in [6, 6.07) is 6.08. The number of thiazole rings is 1. The first-order valence-corrected chi connectivity index (χ1v) is 10.7. The summed E-state index contributed by atoms with van der Waals surface area (Å²) in [4.78, 5) is 21.1. The minimum absolute atomic E-state index is 0.0899. The van der Waals surface area contributed by atoms with Gasteiger partial charge in [0, 0.05) is 6.42 Å². The standard InChI is InChI=1S/C18H21N5OS2/c1-11-6-7-13-14(8-11)26-17(19-13)21-16(24)10-25-18-20-15(22-23-18)9-12-4-2-3-5-12/h6-8,12H,2-5,9-10H2,1H3,(H,19,21,24)(H,20,22,23). The molecule has 2 heterocycles. The van der Waals surface area contributed by atoms with Gasteiger partial charge in [0.05, 0.1) is 16.0 Å². The molecule has 1 aliphatic rings. The summed E-state index contributed by atoms with van der Waals surface area (Å²) in [6.45, 7) is 2.05. The van der Waals surface area contributed by atoms with Crippen molar-refractivity contribution in [2.45, 2.75) is 44.2 Å². The monoisotopic (exact) mass is 387 g/mol. The molecule has 0 radical (unpaired) electrons. The van der Waals surface area contributed by atoms with E-state index in [2.05, 4.69) is 31.5 Å². The maximum atomic E-state index is 12.2. The topological polar surface area (TPSA) is 83.6 Å². The number of amides is 1. The van der Waals surface area contributed by atoms with Gasteiger partial charge in [0.25, 0.3) is 0 Å². The van der Waals surface area contributed by atoms with E-state index in [1.807, 2.05) is 19.1 Å². The van der Waals surface area contributed by atoms with Gasteiger partial charge in [0.1, 0.15) is 5.82 Å². The molecule has 1 aromatic carbocycles. The first-order chi connectivity index (χ1) is 12.7. The zero-order valence-corrected chi connectivity index (χ0v) is 16.3. The van der Waals surface area contributed by atoms with Crippen LogP contribution in [-0.2, 0) is 11.2 Å². The predicted molar refractivity (Wildman–Crippen MR) is 106 cm³/mol. The number of fused-ring (bicyclic) bond motifs is 1. The Morgan fingerprint density at radius 2 is 2.19 bits per heavy atom. The van der Waals surface area contributed by atoms with Gasteiger partial charge in [0.2, 0.25) is 11.1 Å². The number of carbonyl (C=O) groups is 1. The van der Waals surface area contributed by atoms with Crippen molar-refractivity contribution in [1.29, 1.82) is 0 Å². The molecule has 1 aliphatic carbocycles. The van der Waals surface area contributed by atoms with E-state index in [-0.39, 0.29) is 11.7 Å². The molecule has 0 atom stereocenters. The molecule has 2 aromatic heterocycles. The molecule has 0 spiro atoms. The Morgan fingerprint density at radius 1 is 1.35 bits per heavy atom. The Bertz CT molecular complexity index is 913. The number of thioether (sulfide) groups is 1. The second kappa shape index (κ2) is 7.75. The Hall–Kier alpha value is -1.93. The van der Waals surface area contributed by atoms with Crippen LogP contribution in [0.4, 0.5) is 5.13 Å². The fourth-order valence-corrected chi connectivity index (χ4v) is 4.89. The van der Waals surface area contributed by atoms with E-state index in [0.29, 0.717) is 10.3 Å². The SMILES string of the molecule is Cc1ccc2nc(NC(=O)CSc3n[nH]c(CC4CCCC4)n3)sc2c1. The Balaban J connectivity index is 1.29. The van der Waals surface area contributed by atoms with Crippen LogP contribution in [0.25, 0.3) is 10.2 Å². The van der Waals surface area contributed by atoms with Crippen LogP contribution in [0.5, 0.6) is 0 Å². The lowest BCUT2D eigenvalue weighted by Crippen LogP contribution is -2.13. The lowest BCUT2D eigenvalue weighted by molar-refractivity contribution is -0.113. The van der Waals surface area contributed by atoms with Crippen molar-refractivity contribution in [3.63, 3.8) is 0 Å². The quantitative estimate of drug-likeness (QED) is 0.620. The van der Waals surface area contributed by atoms with Gasteiger partial charge in [0.15, 0.2) is 5.13 Å². The van der Waals surface area contributed by atoms with Gasteiger partial charge in [-0.2, -0.15) is 0 Å². The van der Waals surface area contributed by atoms with E-state index < -0.39 is 0 Å². The number of hydrogen-bond acceptors (Lipinski definition) is 6. The van der Waals surface area contributed by atoms with Crippen molar-refractivity contribution in [3.05, 3.63) is 29.6 Å². The van der Waals surface area contributed by atoms with Gasteiger partial charge in [-0.15, -0.1) is 5.10 Å². The predicted octanol–water partition coefficient (Wildman–Crippen LogP) is 4.19. The summed E-state index contributed by atoms with van der Waals surface area (Å²) in [7, 11) is 0. The zero-order valence-electron chi connectivity index (χ0n) is 14.6. The van der Waals surface area contributed by atoms with E-state index in [0.717, 1.165) is 28.4 Å². The Labute approximate surface area is 160 Å². The maximum absolute atomic E-state index is 12.2. The molecule has 2 N–H and O–H groups in total. The van der Waals surface area contributed by atoms with Gasteiger partial charge in [-0.05, 0) is 30.5 Å². The number of nitrogens with zero attached hydrogens (tertiary/aromatic N) is 3. The number of carbonyl (C=O) groups excluding carboxylic acids is 1. The molecule has 0 saturated heterocycles. The molecule has 3 aromatic rings. The molecule has 0 aliphatic heterocycles. The number of nitrogens with one attached hydrogen (secondary N) is 2. The van der Waals surface area contributed by atoms with Crippen molar-refractivity contribution >= 4 is 44.4 Å². The van der Waals surface area contributed by atoms with Crippen LogP contribution in [0, 0.1) is 12.8 Å². The van der Waals surface area contributed by atoms with Crippen LogP contribution in [0.2, 0.25) is 0 Å². The number of rotatable bonds is 6. The van der Waals surface area contributed by atoms with Gasteiger partial charge in [-0.25, -0.2) is 9.97 Å². The maximum Gasteiger partial charge on any atom is 0.236 e. The highest BCUT2D eigenvalue weighted by Gasteiger charge is 2.17. The average molecular weight is 388 g/mol. The molecule has 0 bridgehead atoms. The lowest BCUT2D eigenvalue weighted by atomic mass is 10.0. The van der Waals surface area contributed by atoms with Crippen molar-refractivity contribution in [1.82, 2.24) is 20.2 Å². The molecule has 4 rings (SSSR count). The highest BCUT2D eigenvalue weighted by molar-refractivity contribution is 7.99. The molecule has 8 heteroatoms. The van der Waals surface area contributed by atoms with Crippen LogP contribution < -0.4 is 5.32 Å². The van der Waals surface area contributed by atoms with E-state index in [4.69, 9.17) is 0 Å². The van der Waals surface area contributed by atoms with Gasteiger partial charge in [-0.1, -0.05) is 54.8 Å². The number of aromatic amines is 1. The van der Waals surface area contributed by atoms with Crippen molar-refractivity contribution < 1.29 is 4.79 Å². The second-order valence-electron chi connectivity index (χ2n) is 6.75. The van der Waals surface area contributed by atoms with Crippen LogP contribution in [-0.4, -0.2) is 31.8 Å². The Kier molecular flexibility index (Phi) is 5.21. The number of benzene rings is 1. The third kappa shape index (κ3) is 4.24. The number of anilines is 1. The van der Waals surface area contributed by atoms with Gasteiger partial charge in [-0.3, -0.25) is 9.89 Å². The van der Waals surface area contributed by atoms with E-state index in [1.165, 1.54) is 54.3 Å². The highest BCUT2D eigenvalue weighted by atomic mass is 32.2. The average Bonchev–Trinajstić information content (AvgIpc) is 3.34. The van der Waals surface area contributed by atoms with E-state index >= 15 is 0 Å². The number of aryl methyl sites for hydroxylation is 1. The fraction of sp³-hybridized carbons (Fsp3) is 0.444. The smallest absolute Gasteiger partial charge is 0.236 e. The lowest BCUT2D eigenvalue weighted by Gasteiger charge is -2.04. The fourth-order valence-electron chi connectivity index (χ4n) is 3.29. The van der Waals surface area contributed by atoms with Gasteiger partial charge >= 0.3 is 0 Å². The van der Waals surface area contributed by atoms with Gasteiger partial charge < -0.3 is 5.32 Å². The largest absolute Gasteiger partial charge is 0.301 e. The van der Waals surface area contributed by atoms with Crippen LogP contribution >= 0.6 is 23.1 Å². The minimum Gasteiger partial charge on any atom is -0.301 e. The highest BCUT2D eigenvalue weighted by Crippen LogP contribution is 2.28. The molecule has 26 heavy (non-hydrogen) atoms. The molecule has 1 amide bonds. The third-order valence-electron chi connectivity index (χ3n) is 4.59. The summed E-state index contributed by atoms with van der Waals surface area (Å²) < 4.78 is 1.08. The van der Waals surface area contributed by atoms with Crippen LogP contribution in [0.1, 0.15) is 37.1 Å². The summed E-state index contributed by atoms with van der Waals surface area (Å²) >= 11 is 2.84. The first-order valence-electron chi connectivity index (χ1n) is 8.87.